The number of aliphatic hydroxyl groups is 1. The van der Waals surface area contributed by atoms with Crippen molar-refractivity contribution in [3.05, 3.63) is 29.8 Å². The van der Waals surface area contributed by atoms with Gasteiger partial charge in [0.15, 0.2) is 0 Å². The lowest BCUT2D eigenvalue weighted by atomic mass is 10.1. The van der Waals surface area contributed by atoms with Crippen LogP contribution in [0.3, 0.4) is 0 Å². The molecule has 1 atom stereocenters. The largest absolute Gasteiger partial charge is 0.496 e. The molecule has 0 amide bonds. The van der Waals surface area contributed by atoms with E-state index in [1.807, 2.05) is 24.3 Å². The van der Waals surface area contributed by atoms with Crippen LogP contribution in [0.1, 0.15) is 12.0 Å². The number of para-hydroxylation sites is 1. The Morgan fingerprint density at radius 2 is 2.21 bits per heavy atom. The topological polar surface area (TPSA) is 29.5 Å². The number of rotatable bonds is 4. The Bertz CT molecular complexity index is 325. The van der Waals surface area contributed by atoms with Gasteiger partial charge in [0.2, 0.25) is 0 Å². The summed E-state index contributed by atoms with van der Waals surface area (Å²) in [7, 11) is 1.62. The van der Waals surface area contributed by atoms with Gasteiger partial charge in [0.1, 0.15) is 5.75 Å². The summed E-state index contributed by atoms with van der Waals surface area (Å²) in [6, 6.07) is 7.62. The molecule has 0 saturated heterocycles. The van der Waals surface area contributed by atoms with Crippen molar-refractivity contribution >= 4 is 0 Å². The molecule has 14 heavy (non-hydrogen) atoms. The highest BCUT2D eigenvalue weighted by atomic mass is 16.5. The van der Waals surface area contributed by atoms with E-state index in [-0.39, 0.29) is 0 Å². The lowest BCUT2D eigenvalue weighted by molar-refractivity contribution is 0.179. The minimum Gasteiger partial charge on any atom is -0.496 e. The Labute approximate surface area is 84.5 Å². The molecule has 2 nitrogen and oxygen atoms in total. The third-order valence-electron chi connectivity index (χ3n) is 2.00. The van der Waals surface area contributed by atoms with Crippen molar-refractivity contribution in [1.82, 2.24) is 0 Å². The van der Waals surface area contributed by atoms with Crippen LogP contribution >= 0.6 is 0 Å². The normalized spacial score (nSPS) is 11.8. The molecule has 0 aliphatic carbocycles. The van der Waals surface area contributed by atoms with Gasteiger partial charge in [-0.2, -0.15) is 0 Å². The maximum atomic E-state index is 9.52. The monoisotopic (exact) mass is 190 g/mol. The van der Waals surface area contributed by atoms with E-state index in [0.29, 0.717) is 12.8 Å². The molecule has 0 saturated carbocycles. The van der Waals surface area contributed by atoms with Gasteiger partial charge in [-0.25, -0.2) is 0 Å². The van der Waals surface area contributed by atoms with Gasteiger partial charge in [-0.15, -0.1) is 12.3 Å². The molecule has 0 heterocycles. The van der Waals surface area contributed by atoms with E-state index < -0.39 is 6.10 Å². The molecular weight excluding hydrogens is 176 g/mol. The van der Waals surface area contributed by atoms with Gasteiger partial charge >= 0.3 is 0 Å². The van der Waals surface area contributed by atoms with Gasteiger partial charge < -0.3 is 9.84 Å². The van der Waals surface area contributed by atoms with Crippen molar-refractivity contribution in [3.8, 4) is 18.1 Å². The summed E-state index contributed by atoms with van der Waals surface area (Å²) in [4.78, 5) is 0. The molecule has 0 aromatic heterocycles. The summed E-state index contributed by atoms with van der Waals surface area (Å²) in [5.41, 5.74) is 0.984. The second-order valence-corrected chi connectivity index (χ2v) is 3.08. The van der Waals surface area contributed by atoms with Gasteiger partial charge in [0.05, 0.1) is 13.2 Å². The van der Waals surface area contributed by atoms with Crippen LogP contribution in [0.25, 0.3) is 0 Å². The molecule has 0 aliphatic rings. The Kier molecular flexibility index (Phi) is 4.03. The Morgan fingerprint density at radius 1 is 1.50 bits per heavy atom. The van der Waals surface area contributed by atoms with Crippen molar-refractivity contribution in [2.24, 2.45) is 0 Å². The second-order valence-electron chi connectivity index (χ2n) is 3.08. The fourth-order valence-corrected chi connectivity index (χ4v) is 1.33. The first-order valence-corrected chi connectivity index (χ1v) is 4.51. The summed E-state index contributed by atoms with van der Waals surface area (Å²) < 4.78 is 5.16. The first-order chi connectivity index (χ1) is 6.77. The first-order valence-electron chi connectivity index (χ1n) is 4.51. The summed E-state index contributed by atoms with van der Waals surface area (Å²) in [6.07, 6.45) is 5.53. The van der Waals surface area contributed by atoms with Crippen LogP contribution in [0.5, 0.6) is 5.75 Å². The molecule has 1 N–H and O–H groups in total. The molecule has 2 heteroatoms. The Balaban J connectivity index is 2.71. The summed E-state index contributed by atoms with van der Waals surface area (Å²) in [5.74, 6) is 3.23. The quantitative estimate of drug-likeness (QED) is 0.731. The van der Waals surface area contributed by atoms with E-state index in [2.05, 4.69) is 5.92 Å². The second kappa shape index (κ2) is 5.31. The standard InChI is InChI=1S/C12H14O2/c1-3-6-11(13)9-10-7-4-5-8-12(10)14-2/h1,4-5,7-8,11,13H,6,9H2,2H3. The van der Waals surface area contributed by atoms with Crippen LogP contribution in [0.4, 0.5) is 0 Å². The maximum absolute atomic E-state index is 9.52. The zero-order valence-corrected chi connectivity index (χ0v) is 8.23. The van der Waals surface area contributed by atoms with Gasteiger partial charge in [0.25, 0.3) is 0 Å². The molecule has 74 valence electrons. The predicted octanol–water partition coefficient (Wildman–Crippen LogP) is 1.62. The van der Waals surface area contributed by atoms with Crippen LogP contribution in [-0.2, 0) is 6.42 Å². The van der Waals surface area contributed by atoms with E-state index >= 15 is 0 Å². The number of hydrogen-bond donors (Lipinski definition) is 1. The number of hydrogen-bond acceptors (Lipinski definition) is 2. The lowest BCUT2D eigenvalue weighted by Crippen LogP contribution is -2.09. The first kappa shape index (κ1) is 10.6. The molecule has 0 fully saturated rings. The van der Waals surface area contributed by atoms with Crippen LogP contribution in [0.15, 0.2) is 24.3 Å². The zero-order valence-electron chi connectivity index (χ0n) is 8.23. The SMILES string of the molecule is C#CCC(O)Cc1ccccc1OC. The number of terminal acetylenes is 1. The fraction of sp³-hybridized carbons (Fsp3) is 0.333. The third kappa shape index (κ3) is 2.79. The van der Waals surface area contributed by atoms with E-state index in [1.54, 1.807) is 7.11 Å². The average molecular weight is 190 g/mol. The van der Waals surface area contributed by atoms with Crippen molar-refractivity contribution in [1.29, 1.82) is 0 Å². The van der Waals surface area contributed by atoms with E-state index in [4.69, 9.17) is 11.2 Å². The van der Waals surface area contributed by atoms with E-state index in [9.17, 15) is 5.11 Å². The molecule has 1 unspecified atom stereocenters. The van der Waals surface area contributed by atoms with Gasteiger partial charge in [-0.3, -0.25) is 0 Å². The predicted molar refractivity (Wildman–Crippen MR) is 56.2 cm³/mol. The summed E-state index contributed by atoms with van der Waals surface area (Å²) in [5, 5.41) is 9.52. The van der Waals surface area contributed by atoms with Crippen molar-refractivity contribution in [2.45, 2.75) is 18.9 Å². The van der Waals surface area contributed by atoms with E-state index in [1.165, 1.54) is 0 Å². The summed E-state index contributed by atoms with van der Waals surface area (Å²) >= 11 is 0. The molecular formula is C12H14O2. The van der Waals surface area contributed by atoms with Gasteiger partial charge in [-0.1, -0.05) is 18.2 Å². The van der Waals surface area contributed by atoms with Gasteiger partial charge in [-0.05, 0) is 11.6 Å². The molecule has 1 rings (SSSR count). The number of aliphatic hydroxyl groups excluding tert-OH is 1. The average Bonchev–Trinajstić information content (AvgIpc) is 2.19. The van der Waals surface area contributed by atoms with Crippen LogP contribution in [-0.4, -0.2) is 18.3 Å². The maximum Gasteiger partial charge on any atom is 0.122 e. The molecule has 1 aromatic carbocycles. The fourth-order valence-electron chi connectivity index (χ4n) is 1.33. The molecule has 1 aromatic rings. The van der Waals surface area contributed by atoms with Crippen molar-refractivity contribution in [2.75, 3.05) is 7.11 Å². The molecule has 0 bridgehead atoms. The summed E-state index contributed by atoms with van der Waals surface area (Å²) in [6.45, 7) is 0. The van der Waals surface area contributed by atoms with Crippen LogP contribution in [0.2, 0.25) is 0 Å². The smallest absolute Gasteiger partial charge is 0.122 e. The highest BCUT2D eigenvalue weighted by Gasteiger charge is 2.07. The minimum absolute atomic E-state index is 0.373. The van der Waals surface area contributed by atoms with Crippen molar-refractivity contribution < 1.29 is 9.84 Å². The lowest BCUT2D eigenvalue weighted by Gasteiger charge is -2.10. The molecule has 0 spiro atoms. The molecule has 0 radical (unpaired) electrons. The van der Waals surface area contributed by atoms with Crippen LogP contribution in [0, 0.1) is 12.3 Å². The van der Waals surface area contributed by atoms with Crippen LogP contribution < -0.4 is 4.74 Å². The minimum atomic E-state index is -0.490. The van der Waals surface area contributed by atoms with Gasteiger partial charge in [0, 0.05) is 12.8 Å². The Morgan fingerprint density at radius 3 is 2.86 bits per heavy atom. The number of ether oxygens (including phenoxy) is 1. The van der Waals surface area contributed by atoms with E-state index in [0.717, 1.165) is 11.3 Å². The number of methoxy groups -OCH3 is 1. The Hall–Kier alpha value is -1.46. The van der Waals surface area contributed by atoms with Crippen molar-refractivity contribution in [3.63, 3.8) is 0 Å². The molecule has 0 aliphatic heterocycles. The highest BCUT2D eigenvalue weighted by molar-refractivity contribution is 5.33. The zero-order chi connectivity index (χ0) is 10.4. The number of benzene rings is 1. The third-order valence-corrected chi connectivity index (χ3v) is 2.00. The highest BCUT2D eigenvalue weighted by Crippen LogP contribution is 2.19.